The van der Waals surface area contributed by atoms with Gasteiger partial charge in [-0.15, -0.1) is 0 Å². The summed E-state index contributed by atoms with van der Waals surface area (Å²) in [6.07, 6.45) is -0.447. The molecule has 1 rings (SSSR count). The quantitative estimate of drug-likeness (QED) is 0.175. The highest BCUT2D eigenvalue weighted by atomic mass is 16.4. The Bertz CT molecular complexity index is 786. The van der Waals surface area contributed by atoms with Gasteiger partial charge in [0.15, 0.2) is 0 Å². The Morgan fingerprint density at radius 1 is 0.871 bits per heavy atom. The Hall–Kier alpha value is -3.51. The van der Waals surface area contributed by atoms with Gasteiger partial charge >= 0.3 is 11.9 Å². The number of carbonyl (C=O) groups is 5. The zero-order chi connectivity index (χ0) is 23.4. The average molecular weight is 438 g/mol. The fourth-order valence-corrected chi connectivity index (χ4v) is 2.50. The van der Waals surface area contributed by atoms with Crippen molar-refractivity contribution in [3.05, 3.63) is 35.9 Å². The van der Waals surface area contributed by atoms with E-state index in [0.29, 0.717) is 5.56 Å². The largest absolute Gasteiger partial charge is 0.481 e. The molecule has 0 aliphatic heterocycles. The maximum absolute atomic E-state index is 12.7. The molecule has 1 aromatic carbocycles. The fraction of sp³-hybridized carbons (Fsp3) is 0.421. The first-order valence-electron chi connectivity index (χ1n) is 9.36. The lowest BCUT2D eigenvalue weighted by Gasteiger charge is -2.23. The smallest absolute Gasteiger partial charge is 0.322 e. The van der Waals surface area contributed by atoms with Gasteiger partial charge in [-0.25, -0.2) is 0 Å². The number of nitrogens with one attached hydrogen (secondary N) is 3. The van der Waals surface area contributed by atoms with Crippen LogP contribution in [0.4, 0.5) is 0 Å². The number of rotatable bonds is 13. The van der Waals surface area contributed by atoms with Crippen molar-refractivity contribution < 1.29 is 39.3 Å². The van der Waals surface area contributed by atoms with Gasteiger partial charge < -0.3 is 37.0 Å². The molecule has 8 N–H and O–H groups in total. The Labute approximate surface area is 177 Å². The standard InChI is InChI=1S/C19H26N4O8/c20-12(6-7-15(25)26)17(29)22-13(8-11-4-2-1-3-5-11)19(31)23-14(10-24)18(30)21-9-16(27)28/h1-5,12-14,24H,6-10,20H2,(H,21,30)(H,22,29)(H,23,31)(H,25,26)(H,27,28). The van der Waals surface area contributed by atoms with Crippen molar-refractivity contribution in [3.8, 4) is 0 Å². The maximum atomic E-state index is 12.7. The SMILES string of the molecule is NC(CCC(=O)O)C(=O)NC(Cc1ccccc1)C(=O)NC(CO)C(=O)NCC(=O)O. The first-order chi connectivity index (χ1) is 14.6. The lowest BCUT2D eigenvalue weighted by atomic mass is 10.0. The van der Waals surface area contributed by atoms with Crippen LogP contribution in [-0.4, -0.2) is 76.3 Å². The number of aliphatic hydroxyl groups is 1. The molecule has 0 aliphatic carbocycles. The van der Waals surface area contributed by atoms with Crippen LogP contribution in [0.2, 0.25) is 0 Å². The third-order valence-electron chi connectivity index (χ3n) is 4.15. The van der Waals surface area contributed by atoms with Gasteiger partial charge in [0.2, 0.25) is 17.7 Å². The van der Waals surface area contributed by atoms with Crippen LogP contribution in [0.15, 0.2) is 30.3 Å². The molecular weight excluding hydrogens is 412 g/mol. The predicted octanol–water partition coefficient (Wildman–Crippen LogP) is -2.42. The van der Waals surface area contributed by atoms with Crippen LogP contribution in [0, 0.1) is 0 Å². The minimum Gasteiger partial charge on any atom is -0.481 e. The summed E-state index contributed by atoms with van der Waals surface area (Å²) in [5.41, 5.74) is 6.36. The maximum Gasteiger partial charge on any atom is 0.322 e. The molecular formula is C19H26N4O8. The highest BCUT2D eigenvalue weighted by Gasteiger charge is 2.28. The van der Waals surface area contributed by atoms with Crippen molar-refractivity contribution in [3.63, 3.8) is 0 Å². The number of carboxylic acid groups (broad SMARTS) is 2. The van der Waals surface area contributed by atoms with Crippen LogP contribution < -0.4 is 21.7 Å². The minimum absolute atomic E-state index is 0.0267. The van der Waals surface area contributed by atoms with Crippen LogP contribution in [0.1, 0.15) is 18.4 Å². The van der Waals surface area contributed by atoms with Gasteiger partial charge in [0, 0.05) is 12.8 Å². The Balaban J connectivity index is 2.89. The molecule has 0 saturated carbocycles. The molecule has 170 valence electrons. The minimum atomic E-state index is -1.44. The Morgan fingerprint density at radius 2 is 1.48 bits per heavy atom. The van der Waals surface area contributed by atoms with Crippen LogP contribution in [0.5, 0.6) is 0 Å². The Morgan fingerprint density at radius 3 is 2.03 bits per heavy atom. The van der Waals surface area contributed by atoms with E-state index in [9.17, 15) is 29.1 Å². The third kappa shape index (κ3) is 9.69. The van der Waals surface area contributed by atoms with Crippen molar-refractivity contribution in [1.82, 2.24) is 16.0 Å². The van der Waals surface area contributed by atoms with Gasteiger partial charge in [-0.05, 0) is 12.0 Å². The summed E-state index contributed by atoms with van der Waals surface area (Å²) in [5, 5.41) is 33.5. The van der Waals surface area contributed by atoms with Crippen LogP contribution in [0.3, 0.4) is 0 Å². The fourth-order valence-electron chi connectivity index (χ4n) is 2.50. The molecule has 0 radical (unpaired) electrons. The third-order valence-corrected chi connectivity index (χ3v) is 4.15. The zero-order valence-corrected chi connectivity index (χ0v) is 16.6. The van der Waals surface area contributed by atoms with E-state index in [1.165, 1.54) is 0 Å². The predicted molar refractivity (Wildman–Crippen MR) is 107 cm³/mol. The van der Waals surface area contributed by atoms with E-state index in [1.807, 2.05) is 5.32 Å². The number of hydrogen-bond donors (Lipinski definition) is 7. The molecule has 0 saturated heterocycles. The number of hydrogen-bond acceptors (Lipinski definition) is 7. The Kier molecular flexibility index (Phi) is 10.6. The summed E-state index contributed by atoms with van der Waals surface area (Å²) >= 11 is 0. The second-order valence-electron chi connectivity index (χ2n) is 6.65. The van der Waals surface area contributed by atoms with Crippen molar-refractivity contribution in [2.75, 3.05) is 13.2 Å². The van der Waals surface area contributed by atoms with E-state index in [-0.39, 0.29) is 19.3 Å². The van der Waals surface area contributed by atoms with E-state index in [4.69, 9.17) is 15.9 Å². The molecule has 3 unspecified atom stereocenters. The molecule has 0 spiro atoms. The molecule has 0 bridgehead atoms. The number of amides is 3. The number of aliphatic carboxylic acids is 2. The van der Waals surface area contributed by atoms with Gasteiger partial charge in [0.05, 0.1) is 12.6 Å². The summed E-state index contributed by atoms with van der Waals surface area (Å²) in [6.45, 7) is -1.50. The zero-order valence-electron chi connectivity index (χ0n) is 16.6. The molecule has 0 fully saturated rings. The van der Waals surface area contributed by atoms with Gasteiger partial charge in [0.1, 0.15) is 18.6 Å². The van der Waals surface area contributed by atoms with E-state index in [2.05, 4.69) is 10.6 Å². The summed E-state index contributed by atoms with van der Waals surface area (Å²) in [5.74, 6) is -4.91. The van der Waals surface area contributed by atoms with Crippen molar-refractivity contribution in [1.29, 1.82) is 0 Å². The number of nitrogens with two attached hydrogens (primary N) is 1. The normalized spacial score (nSPS) is 13.4. The highest BCUT2D eigenvalue weighted by molar-refractivity contribution is 5.94. The molecule has 12 heteroatoms. The second-order valence-corrected chi connectivity index (χ2v) is 6.65. The number of aliphatic hydroxyl groups excluding tert-OH is 1. The average Bonchev–Trinajstić information content (AvgIpc) is 2.73. The lowest BCUT2D eigenvalue weighted by Crippen LogP contribution is -2.57. The molecule has 0 aliphatic rings. The summed E-state index contributed by atoms with van der Waals surface area (Å²) in [6, 6.07) is 4.82. The number of carbonyl (C=O) groups excluding carboxylic acids is 3. The van der Waals surface area contributed by atoms with E-state index >= 15 is 0 Å². The van der Waals surface area contributed by atoms with Crippen LogP contribution in [-0.2, 0) is 30.4 Å². The van der Waals surface area contributed by atoms with Crippen molar-refractivity contribution in [2.45, 2.75) is 37.4 Å². The second kappa shape index (κ2) is 12.9. The van der Waals surface area contributed by atoms with Gasteiger partial charge in [-0.2, -0.15) is 0 Å². The summed E-state index contributed by atoms with van der Waals surface area (Å²) in [7, 11) is 0. The monoisotopic (exact) mass is 438 g/mol. The van der Waals surface area contributed by atoms with E-state index in [0.717, 1.165) is 0 Å². The number of carboxylic acids is 2. The molecule has 3 amide bonds. The van der Waals surface area contributed by atoms with Gasteiger partial charge in [-0.1, -0.05) is 30.3 Å². The molecule has 3 atom stereocenters. The van der Waals surface area contributed by atoms with Crippen LogP contribution in [0.25, 0.3) is 0 Å². The molecule has 1 aromatic rings. The molecule has 0 aromatic heterocycles. The van der Waals surface area contributed by atoms with E-state index in [1.54, 1.807) is 30.3 Å². The molecule has 12 nitrogen and oxygen atoms in total. The lowest BCUT2D eigenvalue weighted by molar-refractivity contribution is -0.139. The summed E-state index contributed by atoms with van der Waals surface area (Å²) in [4.78, 5) is 58.2. The topological polar surface area (TPSA) is 208 Å². The highest BCUT2D eigenvalue weighted by Crippen LogP contribution is 2.05. The summed E-state index contributed by atoms with van der Waals surface area (Å²) < 4.78 is 0. The van der Waals surface area contributed by atoms with Gasteiger partial charge in [-0.3, -0.25) is 24.0 Å². The van der Waals surface area contributed by atoms with Crippen molar-refractivity contribution in [2.24, 2.45) is 5.73 Å². The first-order valence-corrected chi connectivity index (χ1v) is 9.36. The van der Waals surface area contributed by atoms with Crippen molar-refractivity contribution >= 4 is 29.7 Å². The number of benzene rings is 1. The molecule has 0 heterocycles. The first kappa shape index (κ1) is 25.5. The molecule has 31 heavy (non-hydrogen) atoms. The van der Waals surface area contributed by atoms with Gasteiger partial charge in [0.25, 0.3) is 0 Å². The van der Waals surface area contributed by atoms with Crippen LogP contribution >= 0.6 is 0 Å². The van der Waals surface area contributed by atoms with E-state index < -0.39 is 60.9 Å².